The van der Waals surface area contributed by atoms with Crippen LogP contribution < -0.4 is 0 Å². The first-order chi connectivity index (χ1) is 7.65. The molecule has 0 heterocycles. The van der Waals surface area contributed by atoms with Gasteiger partial charge in [0.05, 0.1) is 5.92 Å². The molecule has 0 aliphatic heterocycles. The molecule has 0 aromatic rings. The molecule has 0 aromatic carbocycles. The Kier molecular flexibility index (Phi) is 9.30. The molecule has 0 radical (unpaired) electrons. The average Bonchev–Trinajstić information content (AvgIpc) is 2.28. The zero-order valence-electron chi connectivity index (χ0n) is 10.9. The van der Waals surface area contributed by atoms with E-state index in [1.54, 1.807) is 6.92 Å². The van der Waals surface area contributed by atoms with Crippen LogP contribution in [0.1, 0.15) is 65.7 Å². The van der Waals surface area contributed by atoms with Crippen molar-refractivity contribution >= 4 is 5.97 Å². The Morgan fingerprint density at radius 2 is 1.62 bits per heavy atom. The lowest BCUT2D eigenvalue weighted by atomic mass is 9.96. The molecule has 0 spiro atoms. The van der Waals surface area contributed by atoms with Gasteiger partial charge in [0.15, 0.2) is 6.29 Å². The predicted octanol–water partition coefficient (Wildman–Crippen LogP) is 3.25. The number of aliphatic hydroxyl groups excluding tert-OH is 1. The second-order valence-electron chi connectivity index (χ2n) is 4.28. The van der Waals surface area contributed by atoms with Gasteiger partial charge in [0, 0.05) is 6.42 Å². The second kappa shape index (κ2) is 9.64. The van der Waals surface area contributed by atoms with Gasteiger partial charge in [0.25, 0.3) is 0 Å². The van der Waals surface area contributed by atoms with Crippen molar-refractivity contribution in [1.82, 2.24) is 0 Å². The molecular weight excluding hydrogens is 204 g/mol. The van der Waals surface area contributed by atoms with Gasteiger partial charge in [-0.25, -0.2) is 0 Å². The van der Waals surface area contributed by atoms with Crippen LogP contribution in [-0.2, 0) is 9.53 Å². The smallest absolute Gasteiger partial charge is 0.311 e. The van der Waals surface area contributed by atoms with Gasteiger partial charge in [-0.1, -0.05) is 46.5 Å². The van der Waals surface area contributed by atoms with Crippen LogP contribution in [0.25, 0.3) is 0 Å². The van der Waals surface area contributed by atoms with Gasteiger partial charge in [-0.05, 0) is 12.8 Å². The van der Waals surface area contributed by atoms with Crippen LogP contribution in [0.4, 0.5) is 0 Å². The van der Waals surface area contributed by atoms with Crippen LogP contribution in [-0.4, -0.2) is 17.4 Å². The molecule has 16 heavy (non-hydrogen) atoms. The molecule has 0 saturated carbocycles. The van der Waals surface area contributed by atoms with Crippen LogP contribution in [0.15, 0.2) is 0 Å². The van der Waals surface area contributed by atoms with Gasteiger partial charge in [0.2, 0.25) is 0 Å². The van der Waals surface area contributed by atoms with Crippen molar-refractivity contribution < 1.29 is 14.6 Å². The number of ether oxygens (including phenoxy) is 1. The first kappa shape index (κ1) is 15.4. The normalized spacial score (nSPS) is 12.8. The lowest BCUT2D eigenvalue weighted by Gasteiger charge is -2.17. The van der Waals surface area contributed by atoms with Crippen molar-refractivity contribution in [2.75, 3.05) is 0 Å². The molecule has 0 bridgehead atoms. The molecule has 96 valence electrons. The fourth-order valence-corrected chi connectivity index (χ4v) is 1.59. The topological polar surface area (TPSA) is 46.5 Å². The standard InChI is InChI=1S/C13H26O3/c1-4-7-9-11(10-8-5-2)13(15)16-12(14)6-3/h11-12,14H,4-10H2,1-3H3. The molecule has 3 nitrogen and oxygen atoms in total. The maximum absolute atomic E-state index is 11.7. The SMILES string of the molecule is CCCCC(CCCC)C(=O)OC(O)CC. The number of aliphatic hydroxyl groups is 1. The third kappa shape index (κ3) is 6.83. The van der Waals surface area contributed by atoms with Gasteiger partial charge in [-0.2, -0.15) is 0 Å². The minimum absolute atomic E-state index is 0.0268. The summed E-state index contributed by atoms with van der Waals surface area (Å²) in [6.07, 6.45) is 5.56. The quantitative estimate of drug-likeness (QED) is 0.488. The van der Waals surface area contributed by atoms with Crippen LogP contribution in [0.3, 0.4) is 0 Å². The van der Waals surface area contributed by atoms with Crippen LogP contribution in [0.5, 0.6) is 0 Å². The van der Waals surface area contributed by atoms with Gasteiger partial charge in [0.1, 0.15) is 0 Å². The zero-order chi connectivity index (χ0) is 12.4. The Labute approximate surface area is 99.2 Å². The zero-order valence-corrected chi connectivity index (χ0v) is 10.9. The number of hydrogen-bond donors (Lipinski definition) is 1. The van der Waals surface area contributed by atoms with E-state index in [1.807, 2.05) is 0 Å². The third-order valence-electron chi connectivity index (χ3n) is 2.75. The summed E-state index contributed by atoms with van der Waals surface area (Å²) in [4.78, 5) is 11.7. The number of unbranched alkanes of at least 4 members (excludes halogenated alkanes) is 2. The van der Waals surface area contributed by atoms with Crippen molar-refractivity contribution in [3.05, 3.63) is 0 Å². The number of carbonyl (C=O) groups is 1. The third-order valence-corrected chi connectivity index (χ3v) is 2.75. The van der Waals surface area contributed by atoms with Crippen molar-refractivity contribution in [2.24, 2.45) is 5.92 Å². The highest BCUT2D eigenvalue weighted by Gasteiger charge is 2.20. The fourth-order valence-electron chi connectivity index (χ4n) is 1.59. The van der Waals surface area contributed by atoms with Crippen molar-refractivity contribution in [3.63, 3.8) is 0 Å². The van der Waals surface area contributed by atoms with Crippen molar-refractivity contribution in [1.29, 1.82) is 0 Å². The second-order valence-corrected chi connectivity index (χ2v) is 4.28. The summed E-state index contributed by atoms with van der Waals surface area (Å²) in [6.45, 7) is 6.03. The largest absolute Gasteiger partial charge is 0.436 e. The molecule has 3 heteroatoms. The number of esters is 1. The predicted molar refractivity (Wildman–Crippen MR) is 64.9 cm³/mol. The lowest BCUT2D eigenvalue weighted by Crippen LogP contribution is -2.24. The van der Waals surface area contributed by atoms with Gasteiger partial charge >= 0.3 is 5.97 Å². The number of hydrogen-bond acceptors (Lipinski definition) is 3. The van der Waals surface area contributed by atoms with Gasteiger partial charge < -0.3 is 9.84 Å². The van der Waals surface area contributed by atoms with Crippen molar-refractivity contribution in [2.45, 2.75) is 72.0 Å². The molecule has 1 atom stereocenters. The van der Waals surface area contributed by atoms with E-state index in [4.69, 9.17) is 4.74 Å². The van der Waals surface area contributed by atoms with E-state index in [1.165, 1.54) is 0 Å². The molecule has 1 unspecified atom stereocenters. The summed E-state index contributed by atoms with van der Waals surface area (Å²) >= 11 is 0. The minimum atomic E-state index is -0.932. The Hall–Kier alpha value is -0.570. The highest BCUT2D eigenvalue weighted by molar-refractivity contribution is 5.72. The molecule has 0 aliphatic rings. The molecule has 0 aliphatic carbocycles. The van der Waals surface area contributed by atoms with E-state index >= 15 is 0 Å². The van der Waals surface area contributed by atoms with E-state index in [0.29, 0.717) is 6.42 Å². The Morgan fingerprint density at radius 1 is 1.12 bits per heavy atom. The van der Waals surface area contributed by atoms with Crippen LogP contribution in [0.2, 0.25) is 0 Å². The first-order valence-corrected chi connectivity index (χ1v) is 6.54. The van der Waals surface area contributed by atoms with E-state index in [0.717, 1.165) is 38.5 Å². The summed E-state index contributed by atoms with van der Waals surface area (Å²) < 4.78 is 4.97. The number of carbonyl (C=O) groups excluding carboxylic acids is 1. The Morgan fingerprint density at radius 3 is 2.00 bits per heavy atom. The van der Waals surface area contributed by atoms with Gasteiger partial charge in [-0.15, -0.1) is 0 Å². The fraction of sp³-hybridized carbons (Fsp3) is 0.923. The van der Waals surface area contributed by atoms with Crippen LogP contribution in [0, 0.1) is 5.92 Å². The molecule has 0 amide bonds. The molecule has 1 N–H and O–H groups in total. The highest BCUT2D eigenvalue weighted by atomic mass is 16.6. The Bertz CT molecular complexity index is 172. The summed E-state index contributed by atoms with van der Waals surface area (Å²) in [6, 6.07) is 0. The molecule has 0 rings (SSSR count). The average molecular weight is 230 g/mol. The van der Waals surface area contributed by atoms with E-state index in [9.17, 15) is 9.90 Å². The summed E-state index contributed by atoms with van der Waals surface area (Å²) in [5.41, 5.74) is 0. The van der Waals surface area contributed by atoms with Gasteiger partial charge in [-0.3, -0.25) is 4.79 Å². The van der Waals surface area contributed by atoms with E-state index in [-0.39, 0.29) is 11.9 Å². The number of rotatable bonds is 9. The molecular formula is C13H26O3. The summed E-state index contributed by atoms with van der Waals surface area (Å²) in [5.74, 6) is -0.252. The maximum atomic E-state index is 11.7. The van der Waals surface area contributed by atoms with E-state index < -0.39 is 6.29 Å². The first-order valence-electron chi connectivity index (χ1n) is 6.54. The lowest BCUT2D eigenvalue weighted by molar-refractivity contribution is -0.173. The summed E-state index contributed by atoms with van der Waals surface area (Å²) in [5, 5.41) is 9.29. The van der Waals surface area contributed by atoms with Crippen molar-refractivity contribution in [3.8, 4) is 0 Å². The minimum Gasteiger partial charge on any atom is -0.436 e. The highest BCUT2D eigenvalue weighted by Crippen LogP contribution is 2.18. The Balaban J connectivity index is 4.08. The van der Waals surface area contributed by atoms with Crippen LogP contribution >= 0.6 is 0 Å². The molecule has 0 aromatic heterocycles. The molecule has 0 saturated heterocycles. The van der Waals surface area contributed by atoms with E-state index in [2.05, 4.69) is 13.8 Å². The maximum Gasteiger partial charge on any atom is 0.311 e. The molecule has 0 fully saturated rings. The monoisotopic (exact) mass is 230 g/mol. The summed E-state index contributed by atoms with van der Waals surface area (Å²) in [7, 11) is 0.